The summed E-state index contributed by atoms with van der Waals surface area (Å²) >= 11 is 1.79. The molecule has 0 fully saturated rings. The first-order valence-electron chi connectivity index (χ1n) is 7.62. The number of aromatic nitrogens is 1. The molecule has 22 heavy (non-hydrogen) atoms. The Morgan fingerprint density at radius 1 is 1.18 bits per heavy atom. The number of aliphatic imine (C=N–C) groups is 1. The number of hydrogen-bond donors (Lipinski definition) is 2. The molecule has 0 saturated heterocycles. The summed E-state index contributed by atoms with van der Waals surface area (Å²) in [5, 5.41) is 7.88. The molecule has 2 aromatic rings. The van der Waals surface area contributed by atoms with Crippen LogP contribution < -0.4 is 10.6 Å². The lowest BCUT2D eigenvalue weighted by atomic mass is 10.3. The zero-order valence-electron chi connectivity index (χ0n) is 13.3. The summed E-state index contributed by atoms with van der Waals surface area (Å²) in [7, 11) is 1.81. The van der Waals surface area contributed by atoms with Gasteiger partial charge in [0.15, 0.2) is 5.96 Å². The van der Waals surface area contributed by atoms with Gasteiger partial charge in [0.05, 0.1) is 15.2 Å². The molecule has 0 amide bonds. The molecule has 0 unspecified atom stereocenters. The highest BCUT2D eigenvalue weighted by Gasteiger charge is 2.03. The molecule has 0 aliphatic rings. The third kappa shape index (κ3) is 6.08. The minimum absolute atomic E-state index is 0. The summed E-state index contributed by atoms with van der Waals surface area (Å²) in [5.41, 5.74) is 1.11. The summed E-state index contributed by atoms with van der Waals surface area (Å²) in [6, 6.07) is 8.32. The van der Waals surface area contributed by atoms with E-state index in [0.29, 0.717) is 0 Å². The van der Waals surface area contributed by atoms with E-state index in [1.54, 1.807) is 11.3 Å². The van der Waals surface area contributed by atoms with Crippen LogP contribution in [0.4, 0.5) is 0 Å². The molecule has 1 aromatic carbocycles. The predicted octanol–water partition coefficient (Wildman–Crippen LogP) is 3.81. The number of nitrogens with zero attached hydrogens (tertiary/aromatic N) is 2. The van der Waals surface area contributed by atoms with E-state index >= 15 is 0 Å². The van der Waals surface area contributed by atoms with Gasteiger partial charge in [-0.1, -0.05) is 25.5 Å². The highest BCUT2D eigenvalue weighted by Crippen LogP contribution is 2.22. The molecule has 0 atom stereocenters. The fourth-order valence-corrected chi connectivity index (χ4v) is 3.09. The first-order valence-corrected chi connectivity index (χ1v) is 8.44. The zero-order valence-corrected chi connectivity index (χ0v) is 16.4. The Hall–Kier alpha value is -0.890. The number of fused-ring (bicyclic) bond motifs is 1. The fourth-order valence-electron chi connectivity index (χ4n) is 2.08. The number of unbranched alkanes of at least 4 members (excludes halogenated alkanes) is 1. The Balaban J connectivity index is 0.00000242. The maximum Gasteiger partial charge on any atom is 0.190 e. The number of halogens is 1. The van der Waals surface area contributed by atoms with Gasteiger partial charge in [-0.25, -0.2) is 4.98 Å². The van der Waals surface area contributed by atoms with Crippen molar-refractivity contribution in [1.82, 2.24) is 15.6 Å². The average Bonchev–Trinajstić information content (AvgIpc) is 2.92. The largest absolute Gasteiger partial charge is 0.356 e. The first kappa shape index (κ1) is 19.2. The Kier molecular flexibility index (Phi) is 9.38. The van der Waals surface area contributed by atoms with Gasteiger partial charge in [0.25, 0.3) is 0 Å². The van der Waals surface area contributed by atoms with Crippen LogP contribution in [0.3, 0.4) is 0 Å². The lowest BCUT2D eigenvalue weighted by molar-refractivity contribution is 0.710. The van der Waals surface area contributed by atoms with Crippen LogP contribution >= 0.6 is 35.3 Å². The Morgan fingerprint density at radius 3 is 2.59 bits per heavy atom. The molecule has 2 rings (SSSR count). The second-order valence-corrected chi connectivity index (χ2v) is 6.07. The topological polar surface area (TPSA) is 49.3 Å². The third-order valence-electron chi connectivity index (χ3n) is 3.24. The molecule has 0 radical (unpaired) electrons. The monoisotopic (exact) mass is 432 g/mol. The summed E-state index contributed by atoms with van der Waals surface area (Å²) < 4.78 is 1.28. The molecule has 1 aromatic heterocycles. The van der Waals surface area contributed by atoms with Crippen LogP contribution in [0, 0.1) is 0 Å². The number of para-hydroxylation sites is 1. The van der Waals surface area contributed by atoms with Crippen molar-refractivity contribution in [3.8, 4) is 0 Å². The third-order valence-corrected chi connectivity index (χ3v) is 4.34. The minimum atomic E-state index is 0. The van der Waals surface area contributed by atoms with Crippen molar-refractivity contribution >= 4 is 51.5 Å². The molecule has 2 N–H and O–H groups in total. The van der Waals surface area contributed by atoms with Gasteiger partial charge in [-0.3, -0.25) is 4.99 Å². The quantitative estimate of drug-likeness (QED) is 0.303. The van der Waals surface area contributed by atoms with Crippen LogP contribution in [0.5, 0.6) is 0 Å². The number of rotatable bonds is 7. The maximum absolute atomic E-state index is 4.66. The molecule has 0 aliphatic carbocycles. The summed E-state index contributed by atoms with van der Waals surface area (Å²) in [5.74, 6) is 0.896. The van der Waals surface area contributed by atoms with Crippen LogP contribution in [-0.4, -0.2) is 31.1 Å². The van der Waals surface area contributed by atoms with Gasteiger partial charge in [-0.2, -0.15) is 0 Å². The lowest BCUT2D eigenvalue weighted by Crippen LogP contribution is -2.38. The average molecular weight is 432 g/mol. The molecular formula is C16H25IN4S. The fraction of sp³-hybridized carbons (Fsp3) is 0.500. The molecule has 4 nitrogen and oxygen atoms in total. The van der Waals surface area contributed by atoms with Crippen molar-refractivity contribution in [3.05, 3.63) is 29.3 Å². The predicted molar refractivity (Wildman–Crippen MR) is 108 cm³/mol. The maximum atomic E-state index is 4.66. The zero-order chi connectivity index (χ0) is 14.9. The molecular weight excluding hydrogens is 407 g/mol. The van der Waals surface area contributed by atoms with Gasteiger partial charge in [0, 0.05) is 26.6 Å². The van der Waals surface area contributed by atoms with Crippen molar-refractivity contribution in [3.63, 3.8) is 0 Å². The molecule has 1 heterocycles. The summed E-state index contributed by atoms with van der Waals surface area (Å²) in [6.07, 6.45) is 4.45. The van der Waals surface area contributed by atoms with Crippen molar-refractivity contribution in [2.24, 2.45) is 4.99 Å². The SMILES string of the molecule is CCCCNC(=NC)NCCCc1nc2ccccc2s1.I. The van der Waals surface area contributed by atoms with E-state index < -0.39 is 0 Å². The number of thiazole rings is 1. The van der Waals surface area contributed by atoms with Crippen molar-refractivity contribution in [1.29, 1.82) is 0 Å². The van der Waals surface area contributed by atoms with E-state index in [-0.39, 0.29) is 24.0 Å². The van der Waals surface area contributed by atoms with Crippen LogP contribution in [-0.2, 0) is 6.42 Å². The standard InChI is InChI=1S/C16H24N4S.HI/c1-3-4-11-18-16(17-2)19-12-7-10-15-20-13-8-5-6-9-14(13)21-15;/h5-6,8-9H,3-4,7,10-12H2,1-2H3,(H2,17,18,19);1H. The van der Waals surface area contributed by atoms with Gasteiger partial charge in [-0.15, -0.1) is 35.3 Å². The summed E-state index contributed by atoms with van der Waals surface area (Å²) in [6.45, 7) is 4.09. The van der Waals surface area contributed by atoms with Gasteiger partial charge in [0.2, 0.25) is 0 Å². The van der Waals surface area contributed by atoms with E-state index in [0.717, 1.165) is 37.4 Å². The molecule has 6 heteroatoms. The molecule has 122 valence electrons. The van der Waals surface area contributed by atoms with Crippen molar-refractivity contribution in [2.45, 2.75) is 32.6 Å². The van der Waals surface area contributed by atoms with Gasteiger partial charge in [-0.05, 0) is 25.0 Å². The first-order chi connectivity index (χ1) is 10.3. The van der Waals surface area contributed by atoms with Crippen molar-refractivity contribution < 1.29 is 0 Å². The number of aryl methyl sites for hydroxylation is 1. The van der Waals surface area contributed by atoms with Crippen LogP contribution in [0.15, 0.2) is 29.3 Å². The van der Waals surface area contributed by atoms with E-state index in [4.69, 9.17) is 0 Å². The Morgan fingerprint density at radius 2 is 1.91 bits per heavy atom. The van der Waals surface area contributed by atoms with Crippen molar-refractivity contribution in [2.75, 3.05) is 20.1 Å². The number of benzene rings is 1. The molecule has 0 spiro atoms. The second kappa shape index (κ2) is 10.8. The summed E-state index contributed by atoms with van der Waals surface area (Å²) in [4.78, 5) is 8.88. The van der Waals surface area contributed by atoms with Crippen LogP contribution in [0.1, 0.15) is 31.2 Å². The van der Waals surface area contributed by atoms with Gasteiger partial charge in [0.1, 0.15) is 0 Å². The second-order valence-electron chi connectivity index (χ2n) is 4.96. The van der Waals surface area contributed by atoms with Gasteiger partial charge >= 0.3 is 0 Å². The van der Waals surface area contributed by atoms with Crippen LogP contribution in [0.2, 0.25) is 0 Å². The van der Waals surface area contributed by atoms with E-state index in [1.807, 2.05) is 13.1 Å². The van der Waals surface area contributed by atoms with E-state index in [1.165, 1.54) is 22.5 Å². The van der Waals surface area contributed by atoms with Crippen LogP contribution in [0.25, 0.3) is 10.2 Å². The normalized spacial score (nSPS) is 11.3. The lowest BCUT2D eigenvalue weighted by Gasteiger charge is -2.10. The smallest absolute Gasteiger partial charge is 0.190 e. The molecule has 0 aliphatic heterocycles. The highest BCUT2D eigenvalue weighted by atomic mass is 127. The number of nitrogens with one attached hydrogen (secondary N) is 2. The molecule has 0 saturated carbocycles. The Bertz CT molecular complexity index is 549. The highest BCUT2D eigenvalue weighted by molar-refractivity contribution is 14.0. The number of guanidine groups is 1. The number of hydrogen-bond acceptors (Lipinski definition) is 3. The minimum Gasteiger partial charge on any atom is -0.356 e. The van der Waals surface area contributed by atoms with Gasteiger partial charge < -0.3 is 10.6 Å². The Labute approximate surface area is 153 Å². The molecule has 0 bridgehead atoms. The van der Waals surface area contributed by atoms with E-state index in [2.05, 4.69) is 45.7 Å². The van der Waals surface area contributed by atoms with E-state index in [9.17, 15) is 0 Å².